The zero-order valence-corrected chi connectivity index (χ0v) is 13.7. The summed E-state index contributed by atoms with van der Waals surface area (Å²) in [6.45, 7) is 5.90. The molecule has 2 heterocycles. The van der Waals surface area contributed by atoms with Crippen LogP contribution < -0.4 is 16.6 Å². The van der Waals surface area contributed by atoms with E-state index in [2.05, 4.69) is 16.9 Å². The molecule has 1 aromatic carbocycles. The predicted octanol–water partition coefficient (Wildman–Crippen LogP) is 1.55. The van der Waals surface area contributed by atoms with Gasteiger partial charge in [0.1, 0.15) is 11.9 Å². The summed E-state index contributed by atoms with van der Waals surface area (Å²) in [5.41, 5.74) is 7.65. The van der Waals surface area contributed by atoms with Gasteiger partial charge in [-0.1, -0.05) is 12.6 Å². The molecule has 6 nitrogen and oxygen atoms in total. The number of nitrogens with two attached hydrogens (primary N) is 1. The minimum Gasteiger partial charge on any atom is -0.329 e. The van der Waals surface area contributed by atoms with Gasteiger partial charge in [0.25, 0.3) is 5.56 Å². The highest BCUT2D eigenvalue weighted by Gasteiger charge is 2.28. The summed E-state index contributed by atoms with van der Waals surface area (Å²) >= 11 is 0. The van der Waals surface area contributed by atoms with Crippen molar-refractivity contribution in [3.63, 3.8) is 0 Å². The molecular formula is C16H19ClN4O2. The van der Waals surface area contributed by atoms with Gasteiger partial charge in [-0.25, -0.2) is 4.98 Å². The zero-order chi connectivity index (χ0) is 15.9. The van der Waals surface area contributed by atoms with Crippen LogP contribution in [0.2, 0.25) is 0 Å². The van der Waals surface area contributed by atoms with Crippen molar-refractivity contribution in [1.29, 1.82) is 0 Å². The first-order chi connectivity index (χ1) is 10.5. The van der Waals surface area contributed by atoms with E-state index in [0.717, 1.165) is 5.56 Å². The van der Waals surface area contributed by atoms with E-state index in [-0.39, 0.29) is 23.9 Å². The third-order valence-corrected chi connectivity index (χ3v) is 4.01. The SMILES string of the molecule is C=C1CCC(n2c(C)nc3cc(CN)ccc3c2=O)C(=O)N1.Cl. The molecule has 3 rings (SSSR count). The molecule has 0 aliphatic carbocycles. The molecule has 0 spiro atoms. The van der Waals surface area contributed by atoms with E-state index in [1.807, 2.05) is 12.1 Å². The van der Waals surface area contributed by atoms with Crippen LogP contribution in [0.4, 0.5) is 0 Å². The normalized spacial score (nSPS) is 17.7. The van der Waals surface area contributed by atoms with Crippen LogP contribution in [0.3, 0.4) is 0 Å². The van der Waals surface area contributed by atoms with Crippen molar-refractivity contribution in [3.8, 4) is 0 Å². The van der Waals surface area contributed by atoms with E-state index in [1.54, 1.807) is 13.0 Å². The van der Waals surface area contributed by atoms with Crippen LogP contribution in [0.25, 0.3) is 10.9 Å². The van der Waals surface area contributed by atoms with E-state index >= 15 is 0 Å². The molecule has 2 aromatic rings. The Morgan fingerprint density at radius 3 is 2.83 bits per heavy atom. The maximum absolute atomic E-state index is 12.8. The van der Waals surface area contributed by atoms with Crippen molar-refractivity contribution in [2.45, 2.75) is 32.4 Å². The summed E-state index contributed by atoms with van der Waals surface area (Å²) in [6.07, 6.45) is 1.21. The largest absolute Gasteiger partial charge is 0.329 e. The second-order valence-corrected chi connectivity index (χ2v) is 5.54. The molecule has 0 bridgehead atoms. The molecule has 1 amide bonds. The fourth-order valence-corrected chi connectivity index (χ4v) is 2.86. The first-order valence-electron chi connectivity index (χ1n) is 7.21. The van der Waals surface area contributed by atoms with Gasteiger partial charge in [-0.3, -0.25) is 14.2 Å². The fraction of sp³-hybridized carbons (Fsp3) is 0.312. The molecule has 1 atom stereocenters. The first kappa shape index (κ1) is 17.2. The van der Waals surface area contributed by atoms with Crippen LogP contribution in [0.1, 0.15) is 30.3 Å². The minimum atomic E-state index is -0.538. The molecule has 1 unspecified atom stereocenters. The van der Waals surface area contributed by atoms with Gasteiger partial charge in [-0.05, 0) is 37.5 Å². The number of hydrogen-bond acceptors (Lipinski definition) is 4. The number of piperidine rings is 1. The molecule has 1 saturated heterocycles. The van der Waals surface area contributed by atoms with Gasteiger partial charge in [0.15, 0.2) is 0 Å². The van der Waals surface area contributed by atoms with Gasteiger partial charge in [0.2, 0.25) is 5.91 Å². The van der Waals surface area contributed by atoms with Crippen molar-refractivity contribution >= 4 is 29.2 Å². The quantitative estimate of drug-likeness (QED) is 0.872. The summed E-state index contributed by atoms with van der Waals surface area (Å²) in [7, 11) is 0. The third-order valence-electron chi connectivity index (χ3n) is 4.01. The number of carbonyl (C=O) groups is 1. The molecule has 122 valence electrons. The van der Waals surface area contributed by atoms with Crippen LogP contribution in [-0.4, -0.2) is 15.5 Å². The molecule has 3 N–H and O–H groups in total. The molecule has 1 aromatic heterocycles. The molecule has 1 fully saturated rings. The van der Waals surface area contributed by atoms with Crippen molar-refractivity contribution in [2.24, 2.45) is 5.73 Å². The van der Waals surface area contributed by atoms with Crippen molar-refractivity contribution < 1.29 is 4.79 Å². The summed E-state index contributed by atoms with van der Waals surface area (Å²) in [5.74, 6) is 0.320. The van der Waals surface area contributed by atoms with Gasteiger partial charge in [0, 0.05) is 12.2 Å². The number of halogens is 1. The van der Waals surface area contributed by atoms with Crippen LogP contribution in [0.5, 0.6) is 0 Å². The highest BCUT2D eigenvalue weighted by atomic mass is 35.5. The number of aryl methyl sites for hydroxylation is 1. The molecule has 0 saturated carbocycles. The number of nitrogens with one attached hydrogen (secondary N) is 1. The highest BCUT2D eigenvalue weighted by molar-refractivity contribution is 5.85. The average molecular weight is 335 g/mol. The van der Waals surface area contributed by atoms with Gasteiger partial charge in [-0.2, -0.15) is 0 Å². The second kappa shape index (κ2) is 6.52. The van der Waals surface area contributed by atoms with Crippen molar-refractivity contribution in [3.05, 3.63) is 52.2 Å². The number of fused-ring (bicyclic) bond motifs is 1. The van der Waals surface area contributed by atoms with Crippen LogP contribution in [0, 0.1) is 6.92 Å². The molecule has 7 heteroatoms. The van der Waals surface area contributed by atoms with E-state index in [1.165, 1.54) is 4.57 Å². The van der Waals surface area contributed by atoms with E-state index in [4.69, 9.17) is 5.73 Å². The number of hydrogen-bond donors (Lipinski definition) is 2. The fourth-order valence-electron chi connectivity index (χ4n) is 2.86. The number of nitrogens with zero attached hydrogens (tertiary/aromatic N) is 2. The Kier molecular flexibility index (Phi) is 4.87. The Balaban J connectivity index is 0.00000192. The number of aromatic nitrogens is 2. The molecule has 1 aliphatic rings. The topological polar surface area (TPSA) is 90.0 Å². The Labute approximate surface area is 139 Å². The summed E-state index contributed by atoms with van der Waals surface area (Å²) in [5, 5.41) is 3.21. The van der Waals surface area contributed by atoms with Gasteiger partial charge < -0.3 is 11.1 Å². The van der Waals surface area contributed by atoms with Crippen LogP contribution in [0.15, 0.2) is 35.3 Å². The summed E-state index contributed by atoms with van der Waals surface area (Å²) < 4.78 is 1.48. The van der Waals surface area contributed by atoms with Crippen molar-refractivity contribution in [2.75, 3.05) is 0 Å². The monoisotopic (exact) mass is 334 g/mol. The van der Waals surface area contributed by atoms with Crippen LogP contribution >= 0.6 is 12.4 Å². The van der Waals surface area contributed by atoms with Crippen molar-refractivity contribution in [1.82, 2.24) is 14.9 Å². The lowest BCUT2D eigenvalue weighted by atomic mass is 10.0. The number of allylic oxidation sites excluding steroid dienone is 1. The third kappa shape index (κ3) is 3.00. The van der Waals surface area contributed by atoms with Gasteiger partial charge in [0.05, 0.1) is 10.9 Å². The number of rotatable bonds is 2. The zero-order valence-electron chi connectivity index (χ0n) is 12.8. The lowest BCUT2D eigenvalue weighted by Crippen LogP contribution is -2.41. The lowest BCUT2D eigenvalue weighted by molar-refractivity contribution is -0.124. The molecule has 0 radical (unpaired) electrons. The molecule has 1 aliphatic heterocycles. The first-order valence-corrected chi connectivity index (χ1v) is 7.21. The lowest BCUT2D eigenvalue weighted by Gasteiger charge is -2.26. The Morgan fingerprint density at radius 1 is 1.43 bits per heavy atom. The van der Waals surface area contributed by atoms with Crippen LogP contribution in [-0.2, 0) is 11.3 Å². The van der Waals surface area contributed by atoms with E-state index in [9.17, 15) is 9.59 Å². The smallest absolute Gasteiger partial charge is 0.262 e. The Bertz CT molecular complexity index is 844. The minimum absolute atomic E-state index is 0. The highest BCUT2D eigenvalue weighted by Crippen LogP contribution is 2.22. The average Bonchev–Trinajstić information content (AvgIpc) is 2.48. The predicted molar refractivity (Wildman–Crippen MR) is 91.4 cm³/mol. The Morgan fingerprint density at radius 2 is 2.17 bits per heavy atom. The summed E-state index contributed by atoms with van der Waals surface area (Å²) in [4.78, 5) is 29.4. The van der Waals surface area contributed by atoms with Gasteiger partial charge in [-0.15, -0.1) is 12.4 Å². The maximum atomic E-state index is 12.8. The van der Waals surface area contributed by atoms with E-state index < -0.39 is 6.04 Å². The molecule has 23 heavy (non-hydrogen) atoms. The standard InChI is InChI=1S/C16H18N4O2.ClH/c1-9-3-6-14(15(21)18-9)20-10(2)19-13-7-11(8-17)4-5-12(13)16(20)22;/h4-5,7,14H,1,3,6,8,17H2,2H3,(H,18,21);1H. The Hall–Kier alpha value is -2.18. The molecular weight excluding hydrogens is 316 g/mol. The second-order valence-electron chi connectivity index (χ2n) is 5.54. The maximum Gasteiger partial charge on any atom is 0.262 e. The van der Waals surface area contributed by atoms with E-state index in [0.29, 0.717) is 41.8 Å². The number of amides is 1. The number of carbonyl (C=O) groups excluding carboxylic acids is 1. The summed E-state index contributed by atoms with van der Waals surface area (Å²) in [6, 6.07) is 4.82. The number of benzene rings is 1. The van der Waals surface area contributed by atoms with Gasteiger partial charge >= 0.3 is 0 Å².